The Morgan fingerprint density at radius 1 is 1.22 bits per heavy atom. The first-order valence-electron chi connectivity index (χ1n) is 6.44. The zero-order valence-corrected chi connectivity index (χ0v) is 12.7. The molecule has 1 aromatic rings. The minimum Gasteiger partial charge on any atom is -0.483 e. The predicted octanol–water partition coefficient (Wildman–Crippen LogP) is 3.67. The smallest absolute Gasteiger partial charge is 0.422 e. The maximum absolute atomic E-state index is 12.1. The first-order valence-corrected chi connectivity index (χ1v) is 6.44. The number of anilines is 1. The van der Waals surface area contributed by atoms with Crippen LogP contribution in [0.15, 0.2) is 18.2 Å². The number of benzene rings is 1. The van der Waals surface area contributed by atoms with Gasteiger partial charge in [-0.25, -0.2) is 9.59 Å². The van der Waals surface area contributed by atoms with E-state index in [4.69, 9.17) is 9.84 Å². The van der Waals surface area contributed by atoms with Crippen LogP contribution in [0.25, 0.3) is 0 Å². The topological polar surface area (TPSA) is 84.9 Å². The van der Waals surface area contributed by atoms with Crippen molar-refractivity contribution in [2.24, 2.45) is 0 Å². The first-order chi connectivity index (χ1) is 10.4. The number of carbonyl (C=O) groups is 2. The zero-order chi connectivity index (χ0) is 17.8. The first kappa shape index (κ1) is 18.6. The fourth-order valence-corrected chi connectivity index (χ4v) is 1.48. The number of carbonyl (C=O) groups excluding carboxylic acids is 1. The number of ether oxygens (including phenoxy) is 2. The van der Waals surface area contributed by atoms with Gasteiger partial charge in [0.05, 0.1) is 0 Å². The van der Waals surface area contributed by atoms with E-state index in [-0.39, 0.29) is 5.69 Å². The molecule has 0 aliphatic carbocycles. The summed E-state index contributed by atoms with van der Waals surface area (Å²) in [5.41, 5.74) is -1.21. The third-order valence-electron chi connectivity index (χ3n) is 2.25. The van der Waals surface area contributed by atoms with Crippen LogP contribution in [0.2, 0.25) is 0 Å². The summed E-state index contributed by atoms with van der Waals surface area (Å²) in [5.74, 6) is -1.94. The van der Waals surface area contributed by atoms with Gasteiger partial charge < -0.3 is 14.6 Å². The Bertz CT molecular complexity index is 593. The molecule has 0 bridgehead atoms. The van der Waals surface area contributed by atoms with Crippen molar-refractivity contribution in [3.63, 3.8) is 0 Å². The molecule has 9 heteroatoms. The Balaban J connectivity index is 2.91. The van der Waals surface area contributed by atoms with Crippen LogP contribution in [0.1, 0.15) is 31.1 Å². The fraction of sp³-hybridized carbons (Fsp3) is 0.429. The molecular formula is C14H16F3NO5. The molecule has 0 aliphatic heterocycles. The number of carboxylic acids is 1. The standard InChI is InChI=1S/C14H16F3NO5/c1-13(2,3)23-12(21)18-8-4-5-10(9(6-8)11(19)20)22-7-14(15,16)17/h4-6H,7H2,1-3H3,(H,18,21)(H,19,20). The average Bonchev–Trinajstić information content (AvgIpc) is 2.33. The molecular weight excluding hydrogens is 319 g/mol. The summed E-state index contributed by atoms with van der Waals surface area (Å²) in [4.78, 5) is 22.7. The average molecular weight is 335 g/mol. The largest absolute Gasteiger partial charge is 0.483 e. The lowest BCUT2D eigenvalue weighted by molar-refractivity contribution is -0.153. The van der Waals surface area contributed by atoms with Gasteiger partial charge in [-0.05, 0) is 39.0 Å². The molecule has 128 valence electrons. The van der Waals surface area contributed by atoms with Crippen LogP contribution < -0.4 is 10.1 Å². The van der Waals surface area contributed by atoms with Crippen molar-refractivity contribution >= 4 is 17.7 Å². The van der Waals surface area contributed by atoms with Crippen molar-refractivity contribution in [3.05, 3.63) is 23.8 Å². The Hall–Kier alpha value is -2.45. The molecule has 0 heterocycles. The minimum absolute atomic E-state index is 0.0519. The second-order valence-corrected chi connectivity index (χ2v) is 5.55. The number of halogens is 3. The van der Waals surface area contributed by atoms with Crippen molar-refractivity contribution in [2.45, 2.75) is 32.5 Å². The fourth-order valence-electron chi connectivity index (χ4n) is 1.48. The highest BCUT2D eigenvalue weighted by Gasteiger charge is 2.29. The molecule has 1 amide bonds. The zero-order valence-electron chi connectivity index (χ0n) is 12.7. The summed E-state index contributed by atoms with van der Waals surface area (Å²) in [6, 6.07) is 3.22. The summed E-state index contributed by atoms with van der Waals surface area (Å²) in [5, 5.41) is 11.3. The Morgan fingerprint density at radius 3 is 2.30 bits per heavy atom. The van der Waals surface area contributed by atoms with Crippen molar-refractivity contribution < 1.29 is 37.3 Å². The maximum Gasteiger partial charge on any atom is 0.422 e. The summed E-state index contributed by atoms with van der Waals surface area (Å²) >= 11 is 0. The third kappa shape index (κ3) is 6.90. The van der Waals surface area contributed by atoms with Crippen LogP contribution >= 0.6 is 0 Å². The van der Waals surface area contributed by atoms with Gasteiger partial charge in [0.1, 0.15) is 16.9 Å². The van der Waals surface area contributed by atoms with Crippen LogP contribution in [0.4, 0.5) is 23.7 Å². The van der Waals surface area contributed by atoms with Crippen molar-refractivity contribution in [1.82, 2.24) is 0 Å². The van der Waals surface area contributed by atoms with E-state index in [1.54, 1.807) is 20.8 Å². The molecule has 1 rings (SSSR count). The molecule has 0 fully saturated rings. The lowest BCUT2D eigenvalue weighted by Gasteiger charge is -2.20. The number of hydrogen-bond acceptors (Lipinski definition) is 4. The van der Waals surface area contributed by atoms with Crippen LogP contribution in [0, 0.1) is 0 Å². The lowest BCUT2D eigenvalue weighted by Crippen LogP contribution is -2.27. The van der Waals surface area contributed by atoms with Gasteiger partial charge in [-0.3, -0.25) is 5.32 Å². The van der Waals surface area contributed by atoms with Crippen LogP contribution in [-0.2, 0) is 4.74 Å². The molecule has 0 aliphatic rings. The Kier molecular flexibility index (Phi) is 5.46. The van der Waals surface area contributed by atoms with Crippen molar-refractivity contribution in [2.75, 3.05) is 11.9 Å². The van der Waals surface area contributed by atoms with E-state index in [0.717, 1.165) is 12.1 Å². The molecule has 0 unspecified atom stereocenters. The lowest BCUT2D eigenvalue weighted by atomic mass is 10.1. The number of nitrogens with one attached hydrogen (secondary N) is 1. The van der Waals surface area contributed by atoms with Crippen LogP contribution in [0.3, 0.4) is 0 Å². The highest BCUT2D eigenvalue weighted by atomic mass is 19.4. The van der Waals surface area contributed by atoms with Crippen LogP contribution in [-0.4, -0.2) is 35.6 Å². The quantitative estimate of drug-likeness (QED) is 0.877. The highest BCUT2D eigenvalue weighted by Crippen LogP contribution is 2.26. The maximum atomic E-state index is 12.1. The van der Waals surface area contributed by atoms with Crippen LogP contribution in [0.5, 0.6) is 5.75 Å². The van der Waals surface area contributed by atoms with E-state index in [1.807, 2.05) is 0 Å². The second-order valence-electron chi connectivity index (χ2n) is 5.55. The molecule has 6 nitrogen and oxygen atoms in total. The summed E-state index contributed by atoms with van der Waals surface area (Å²) in [6.07, 6.45) is -5.42. The number of aromatic carboxylic acids is 1. The molecule has 0 saturated carbocycles. The van der Waals surface area contributed by atoms with Crippen molar-refractivity contribution in [3.8, 4) is 5.75 Å². The number of alkyl halides is 3. The monoisotopic (exact) mass is 335 g/mol. The SMILES string of the molecule is CC(C)(C)OC(=O)Nc1ccc(OCC(F)(F)F)c(C(=O)O)c1. The normalized spacial score (nSPS) is 11.7. The molecule has 1 aromatic carbocycles. The van der Waals surface area contributed by atoms with Gasteiger partial charge >= 0.3 is 18.2 Å². The van der Waals surface area contributed by atoms with Gasteiger partial charge in [-0.2, -0.15) is 13.2 Å². The van der Waals surface area contributed by atoms with E-state index >= 15 is 0 Å². The molecule has 0 saturated heterocycles. The van der Waals surface area contributed by atoms with Gasteiger partial charge in [-0.15, -0.1) is 0 Å². The molecule has 23 heavy (non-hydrogen) atoms. The van der Waals surface area contributed by atoms with Gasteiger partial charge in [0.15, 0.2) is 6.61 Å². The summed E-state index contributed by atoms with van der Waals surface area (Å²) in [6.45, 7) is 3.31. The highest BCUT2D eigenvalue weighted by molar-refractivity contribution is 5.94. The Morgan fingerprint density at radius 2 is 1.83 bits per heavy atom. The number of hydrogen-bond donors (Lipinski definition) is 2. The molecule has 2 N–H and O–H groups in total. The van der Waals surface area contributed by atoms with Crippen molar-refractivity contribution in [1.29, 1.82) is 0 Å². The van der Waals surface area contributed by atoms with Gasteiger partial charge in [0.2, 0.25) is 0 Å². The second kappa shape index (κ2) is 6.76. The minimum atomic E-state index is -4.59. The van der Waals surface area contributed by atoms with E-state index in [1.165, 1.54) is 6.07 Å². The van der Waals surface area contributed by atoms with E-state index in [9.17, 15) is 22.8 Å². The van der Waals surface area contributed by atoms with Gasteiger partial charge in [-0.1, -0.05) is 0 Å². The number of amides is 1. The van der Waals surface area contributed by atoms with E-state index < -0.39 is 41.8 Å². The predicted molar refractivity (Wildman–Crippen MR) is 74.8 cm³/mol. The number of carboxylic acid groups (broad SMARTS) is 1. The molecule has 0 radical (unpaired) electrons. The Labute approximate surface area is 130 Å². The van der Waals surface area contributed by atoms with Gasteiger partial charge in [0.25, 0.3) is 0 Å². The van der Waals surface area contributed by atoms with E-state index in [2.05, 4.69) is 10.1 Å². The summed E-state index contributed by atoms with van der Waals surface area (Å²) in [7, 11) is 0. The third-order valence-corrected chi connectivity index (χ3v) is 2.25. The number of rotatable bonds is 4. The van der Waals surface area contributed by atoms with Gasteiger partial charge in [0, 0.05) is 5.69 Å². The molecule has 0 aromatic heterocycles. The summed E-state index contributed by atoms with van der Waals surface area (Å²) < 4.78 is 45.9. The van der Waals surface area contributed by atoms with E-state index in [0.29, 0.717) is 0 Å². The molecule has 0 atom stereocenters. The molecule has 0 spiro atoms.